The molecule has 5 rings (SSSR count). The number of hydrogen-bond acceptors (Lipinski definition) is 5. The number of fused-ring (bicyclic) bond motifs is 1. The topological polar surface area (TPSA) is 108 Å². The van der Waals surface area contributed by atoms with Crippen molar-refractivity contribution in [2.75, 3.05) is 18.5 Å². The Morgan fingerprint density at radius 3 is 2.55 bits per heavy atom. The number of ether oxygens (including phenoxy) is 1. The first-order chi connectivity index (χ1) is 19.3. The summed E-state index contributed by atoms with van der Waals surface area (Å²) in [6, 6.07) is 14.2. The van der Waals surface area contributed by atoms with Crippen LogP contribution in [0.15, 0.2) is 48.5 Å². The maximum absolute atomic E-state index is 14.2. The van der Waals surface area contributed by atoms with E-state index in [0.717, 1.165) is 17.5 Å². The maximum atomic E-state index is 14.2. The Labute approximate surface area is 240 Å². The number of para-hydroxylation sites is 1. The van der Waals surface area contributed by atoms with Gasteiger partial charge in [-0.15, -0.1) is 0 Å². The highest BCUT2D eigenvalue weighted by atomic mass is 35.5. The second kappa shape index (κ2) is 11.5. The Morgan fingerprint density at radius 2 is 1.85 bits per heavy atom. The van der Waals surface area contributed by atoms with Gasteiger partial charge in [-0.2, -0.15) is 0 Å². The fourth-order valence-electron chi connectivity index (χ4n) is 7.10. The zero-order chi connectivity index (χ0) is 28.5. The number of aliphatic hydroxyl groups is 1. The van der Waals surface area contributed by atoms with E-state index in [-0.39, 0.29) is 24.3 Å². The second-order valence-electron chi connectivity index (χ2n) is 11.3. The van der Waals surface area contributed by atoms with Gasteiger partial charge in [-0.3, -0.25) is 14.4 Å². The van der Waals surface area contributed by atoms with Gasteiger partial charge in [-0.05, 0) is 62.6 Å². The van der Waals surface area contributed by atoms with Gasteiger partial charge in [0.2, 0.25) is 17.7 Å². The fourth-order valence-corrected chi connectivity index (χ4v) is 7.37. The third kappa shape index (κ3) is 4.80. The fraction of sp³-hybridized carbons (Fsp3) is 0.516. The van der Waals surface area contributed by atoms with Crippen LogP contribution in [0, 0.1) is 18.8 Å². The van der Waals surface area contributed by atoms with Gasteiger partial charge in [-0.25, -0.2) is 0 Å². The number of likely N-dealkylation sites (tertiary alicyclic amines) is 1. The average molecular weight is 568 g/mol. The van der Waals surface area contributed by atoms with Gasteiger partial charge in [0.1, 0.15) is 11.6 Å². The number of halogens is 1. The van der Waals surface area contributed by atoms with Gasteiger partial charge in [0.05, 0.1) is 28.1 Å². The molecule has 8 nitrogen and oxygen atoms in total. The lowest BCUT2D eigenvalue weighted by atomic mass is 9.65. The van der Waals surface area contributed by atoms with Crippen LogP contribution in [0.5, 0.6) is 0 Å². The summed E-state index contributed by atoms with van der Waals surface area (Å²) in [6.07, 6.45) is 3.66. The lowest BCUT2D eigenvalue weighted by Crippen LogP contribution is -2.53. The monoisotopic (exact) mass is 567 g/mol. The molecule has 40 heavy (non-hydrogen) atoms. The highest BCUT2D eigenvalue weighted by molar-refractivity contribution is 6.34. The Kier molecular flexibility index (Phi) is 8.22. The van der Waals surface area contributed by atoms with E-state index in [4.69, 9.17) is 16.3 Å². The van der Waals surface area contributed by atoms with Crippen LogP contribution in [-0.2, 0) is 25.7 Å². The Morgan fingerprint density at radius 1 is 1.07 bits per heavy atom. The molecule has 3 N–H and O–H groups in total. The molecule has 0 saturated carbocycles. The molecule has 3 fully saturated rings. The van der Waals surface area contributed by atoms with E-state index in [1.807, 2.05) is 56.3 Å². The third-order valence-electron chi connectivity index (χ3n) is 9.05. The number of unbranched alkanes of at least 4 members (excludes halogenated alkanes) is 2. The number of carbonyl (C=O) groups is 3. The van der Waals surface area contributed by atoms with Crippen molar-refractivity contribution in [3.05, 3.63) is 64.7 Å². The van der Waals surface area contributed by atoms with Gasteiger partial charge in [0.25, 0.3) is 0 Å². The van der Waals surface area contributed by atoms with E-state index >= 15 is 0 Å². The Balaban J connectivity index is 1.47. The van der Waals surface area contributed by atoms with Gasteiger partial charge < -0.3 is 25.4 Å². The molecular weight excluding hydrogens is 530 g/mol. The highest BCUT2D eigenvalue weighted by Crippen LogP contribution is 2.64. The number of aryl methyl sites for hydroxylation is 1. The third-order valence-corrected chi connectivity index (χ3v) is 9.36. The first-order valence-corrected chi connectivity index (χ1v) is 14.6. The lowest BCUT2D eigenvalue weighted by Gasteiger charge is -2.34. The molecule has 214 valence electrons. The van der Waals surface area contributed by atoms with E-state index in [2.05, 4.69) is 10.6 Å². The molecule has 3 heterocycles. The Hall–Kier alpha value is -2.94. The van der Waals surface area contributed by atoms with Crippen LogP contribution in [-0.4, -0.2) is 58.1 Å². The predicted molar refractivity (Wildman–Crippen MR) is 153 cm³/mol. The van der Waals surface area contributed by atoms with Crippen molar-refractivity contribution in [2.45, 2.75) is 76.2 Å². The summed E-state index contributed by atoms with van der Waals surface area (Å²) in [5.74, 6) is -2.23. The molecule has 2 bridgehead atoms. The molecular formula is C31H38ClN3O5. The molecule has 2 aromatic rings. The van der Waals surface area contributed by atoms with Gasteiger partial charge in [-0.1, -0.05) is 61.0 Å². The van der Waals surface area contributed by atoms with Crippen LogP contribution in [0.4, 0.5) is 5.69 Å². The molecule has 3 aliphatic heterocycles. The first-order valence-electron chi connectivity index (χ1n) is 14.3. The van der Waals surface area contributed by atoms with Crippen LogP contribution in [0.3, 0.4) is 0 Å². The summed E-state index contributed by atoms with van der Waals surface area (Å²) < 4.78 is 6.81. The van der Waals surface area contributed by atoms with Crippen molar-refractivity contribution in [2.24, 2.45) is 11.8 Å². The standard InChI is InChI=1S/C31H38ClN3O5/c1-3-30-15-16-31(40-30)24(23(30)27(37)33-19-21-12-6-4-7-13-21)29(39)35(17-8-5-9-18-36)26(31)28(38)34-25-20(2)11-10-14-22(25)32/h4,6-7,10-14,23-24,26,36H,3,5,8-9,15-19H2,1-2H3,(H,33,37)(H,34,38)/t23-,24-,26?,30+,31?/m0/s1. The number of carbonyl (C=O) groups excluding carboxylic acids is 3. The van der Waals surface area contributed by atoms with Gasteiger partial charge in [0, 0.05) is 19.7 Å². The molecule has 0 aliphatic carbocycles. The van der Waals surface area contributed by atoms with E-state index in [1.54, 1.807) is 11.0 Å². The van der Waals surface area contributed by atoms with Gasteiger partial charge in [0.15, 0.2) is 0 Å². The summed E-state index contributed by atoms with van der Waals surface area (Å²) >= 11 is 6.44. The summed E-state index contributed by atoms with van der Waals surface area (Å²) in [5, 5.41) is 15.7. The molecule has 0 aromatic heterocycles. The van der Waals surface area contributed by atoms with Crippen LogP contribution in [0.2, 0.25) is 5.02 Å². The zero-order valence-electron chi connectivity index (χ0n) is 23.1. The maximum Gasteiger partial charge on any atom is 0.250 e. The molecule has 2 aromatic carbocycles. The number of rotatable bonds is 11. The average Bonchev–Trinajstić information content (AvgIpc) is 3.56. The van der Waals surface area contributed by atoms with E-state index < -0.39 is 29.1 Å². The van der Waals surface area contributed by atoms with Crippen molar-refractivity contribution in [1.82, 2.24) is 10.2 Å². The molecule has 9 heteroatoms. The van der Waals surface area contributed by atoms with Crippen LogP contribution >= 0.6 is 11.6 Å². The van der Waals surface area contributed by atoms with E-state index in [1.165, 1.54) is 0 Å². The largest absolute Gasteiger partial charge is 0.396 e. The molecule has 2 unspecified atom stereocenters. The molecule has 3 saturated heterocycles. The summed E-state index contributed by atoms with van der Waals surface area (Å²) in [6.45, 7) is 4.62. The lowest BCUT2D eigenvalue weighted by molar-refractivity contribution is -0.146. The van der Waals surface area contributed by atoms with Crippen molar-refractivity contribution in [3.8, 4) is 0 Å². The number of nitrogens with zero attached hydrogens (tertiary/aromatic N) is 1. The highest BCUT2D eigenvalue weighted by Gasteiger charge is 2.78. The number of nitrogens with one attached hydrogen (secondary N) is 2. The number of amides is 3. The number of anilines is 1. The normalized spacial score (nSPS) is 28.6. The molecule has 3 aliphatic rings. The number of aliphatic hydroxyl groups excluding tert-OH is 1. The molecule has 5 atom stereocenters. The minimum Gasteiger partial charge on any atom is -0.396 e. The molecule has 1 spiro atoms. The zero-order valence-corrected chi connectivity index (χ0v) is 23.9. The number of benzene rings is 2. The minimum absolute atomic E-state index is 0.0714. The summed E-state index contributed by atoms with van der Waals surface area (Å²) in [4.78, 5) is 43.7. The van der Waals surface area contributed by atoms with Crippen molar-refractivity contribution in [3.63, 3.8) is 0 Å². The summed E-state index contributed by atoms with van der Waals surface area (Å²) in [7, 11) is 0. The van der Waals surface area contributed by atoms with E-state index in [9.17, 15) is 19.5 Å². The second-order valence-corrected chi connectivity index (χ2v) is 11.7. The predicted octanol–water partition coefficient (Wildman–Crippen LogP) is 4.22. The number of hydrogen-bond donors (Lipinski definition) is 3. The van der Waals surface area contributed by atoms with E-state index in [0.29, 0.717) is 55.9 Å². The smallest absolute Gasteiger partial charge is 0.250 e. The van der Waals surface area contributed by atoms with Crippen molar-refractivity contribution in [1.29, 1.82) is 0 Å². The molecule has 0 radical (unpaired) electrons. The summed E-state index contributed by atoms with van der Waals surface area (Å²) in [5.41, 5.74) is 0.391. The minimum atomic E-state index is -1.10. The Bertz CT molecular complexity index is 1250. The van der Waals surface area contributed by atoms with Gasteiger partial charge >= 0.3 is 0 Å². The van der Waals surface area contributed by atoms with Crippen LogP contribution in [0.1, 0.15) is 56.6 Å². The SMILES string of the molecule is CC[C@]12CCC3(O1)C(C(=O)Nc1c(C)cccc1Cl)N(CCCCCO)C(=O)[C@@H]3[C@H]2C(=O)NCc1ccccc1. The molecule has 3 amide bonds. The quantitative estimate of drug-likeness (QED) is 0.352. The van der Waals surface area contributed by atoms with Crippen LogP contribution < -0.4 is 10.6 Å². The van der Waals surface area contributed by atoms with Crippen molar-refractivity contribution >= 4 is 35.0 Å². The van der Waals surface area contributed by atoms with Crippen LogP contribution in [0.25, 0.3) is 0 Å². The first kappa shape index (κ1) is 28.6. The van der Waals surface area contributed by atoms with Crippen molar-refractivity contribution < 1.29 is 24.2 Å².